The van der Waals surface area contributed by atoms with Gasteiger partial charge in [0.25, 0.3) is 0 Å². The van der Waals surface area contributed by atoms with E-state index in [4.69, 9.17) is 4.98 Å². The summed E-state index contributed by atoms with van der Waals surface area (Å²) >= 11 is 0. The Bertz CT molecular complexity index is 818. The first-order valence-corrected chi connectivity index (χ1v) is 9.55. The smallest absolute Gasteiger partial charge is 0.240 e. The first kappa shape index (κ1) is 22.9. The Morgan fingerprint density at radius 1 is 1.25 bits per heavy atom. The summed E-state index contributed by atoms with van der Waals surface area (Å²) < 4.78 is 2.09. The Labute approximate surface area is 179 Å². The molecular weight excluding hydrogens is 397 g/mol. The van der Waals surface area contributed by atoms with Crippen molar-refractivity contribution >= 4 is 41.8 Å². The monoisotopic (exact) mass is 427 g/mol. The molecule has 6 nitrogen and oxygen atoms in total. The highest BCUT2D eigenvalue weighted by atomic mass is 35.5. The van der Waals surface area contributed by atoms with E-state index < -0.39 is 0 Å². The number of aryl methyl sites for hydroxylation is 1. The van der Waals surface area contributed by atoms with Crippen molar-refractivity contribution in [2.75, 3.05) is 33.7 Å². The number of rotatable bonds is 3. The van der Waals surface area contributed by atoms with Crippen LogP contribution < -0.4 is 5.32 Å². The van der Waals surface area contributed by atoms with Crippen molar-refractivity contribution in [1.82, 2.24) is 24.7 Å². The van der Waals surface area contributed by atoms with Gasteiger partial charge in [-0.25, -0.2) is 4.98 Å². The van der Waals surface area contributed by atoms with E-state index in [1.165, 1.54) is 12.8 Å². The second-order valence-electron chi connectivity index (χ2n) is 8.16. The topological polar surface area (TPSA) is 53.4 Å². The van der Waals surface area contributed by atoms with Crippen LogP contribution in [0.4, 0.5) is 0 Å². The van der Waals surface area contributed by atoms with Crippen molar-refractivity contribution in [3.8, 4) is 0 Å². The van der Waals surface area contributed by atoms with E-state index in [1.807, 2.05) is 37.2 Å². The summed E-state index contributed by atoms with van der Waals surface area (Å²) in [5, 5.41) is 3.44. The van der Waals surface area contributed by atoms with Gasteiger partial charge in [0.1, 0.15) is 5.82 Å². The van der Waals surface area contributed by atoms with E-state index in [1.54, 1.807) is 0 Å². The van der Waals surface area contributed by atoms with Gasteiger partial charge in [0.05, 0.1) is 23.6 Å². The van der Waals surface area contributed by atoms with E-state index in [-0.39, 0.29) is 36.8 Å². The summed E-state index contributed by atoms with van der Waals surface area (Å²) in [7, 11) is 6.03. The summed E-state index contributed by atoms with van der Waals surface area (Å²) in [5.41, 5.74) is 2.41. The summed E-state index contributed by atoms with van der Waals surface area (Å²) in [6.45, 7) is 3.73. The van der Waals surface area contributed by atoms with Crippen LogP contribution >= 0.6 is 24.8 Å². The number of hydrogen-bond donors (Lipinski definition) is 1. The minimum Gasteiger partial charge on any atom is -0.337 e. The van der Waals surface area contributed by atoms with Crippen LogP contribution in [0.5, 0.6) is 0 Å². The summed E-state index contributed by atoms with van der Waals surface area (Å²) in [5.74, 6) is 1.15. The minimum absolute atomic E-state index is 0. The number of carbonyl (C=O) groups excluding carboxylic acids is 1. The maximum absolute atomic E-state index is 13.1. The molecule has 1 amide bonds. The highest BCUT2D eigenvalue weighted by Gasteiger charge is 2.46. The molecule has 1 aromatic heterocycles. The molecule has 1 spiro atoms. The van der Waals surface area contributed by atoms with Gasteiger partial charge in [0, 0.05) is 20.6 Å². The normalized spacial score (nSPS) is 21.3. The van der Waals surface area contributed by atoms with Crippen LogP contribution in [0.1, 0.15) is 25.1 Å². The number of nitrogens with one attached hydrogen (secondary N) is 1. The first-order chi connectivity index (χ1) is 12.5. The fourth-order valence-corrected chi connectivity index (χ4v) is 4.75. The van der Waals surface area contributed by atoms with Gasteiger partial charge >= 0.3 is 0 Å². The van der Waals surface area contributed by atoms with Crippen LogP contribution in [-0.2, 0) is 18.4 Å². The molecule has 156 valence electrons. The fraction of sp³-hybridized carbons (Fsp3) is 0.600. The number of piperidine rings is 1. The maximum Gasteiger partial charge on any atom is 0.240 e. The van der Waals surface area contributed by atoms with Gasteiger partial charge in [-0.3, -0.25) is 9.69 Å². The van der Waals surface area contributed by atoms with E-state index >= 15 is 0 Å². The molecule has 2 fully saturated rings. The number of amides is 1. The van der Waals surface area contributed by atoms with Crippen LogP contribution in [0.25, 0.3) is 11.0 Å². The van der Waals surface area contributed by atoms with Crippen molar-refractivity contribution in [2.24, 2.45) is 12.5 Å². The van der Waals surface area contributed by atoms with Crippen LogP contribution in [0.15, 0.2) is 24.3 Å². The molecule has 4 rings (SSSR count). The molecule has 0 aliphatic carbocycles. The lowest BCUT2D eigenvalue weighted by Crippen LogP contribution is -2.42. The van der Waals surface area contributed by atoms with Gasteiger partial charge in [-0.2, -0.15) is 0 Å². The lowest BCUT2D eigenvalue weighted by molar-refractivity contribution is -0.135. The second kappa shape index (κ2) is 8.99. The van der Waals surface area contributed by atoms with Gasteiger partial charge in [0.15, 0.2) is 0 Å². The Kier molecular flexibility index (Phi) is 7.37. The number of likely N-dealkylation sites (tertiary alicyclic amines) is 1. The number of aromatic nitrogens is 2. The first-order valence-electron chi connectivity index (χ1n) is 9.55. The zero-order valence-corrected chi connectivity index (χ0v) is 18.5. The second-order valence-corrected chi connectivity index (χ2v) is 8.16. The predicted octanol–water partition coefficient (Wildman–Crippen LogP) is 2.45. The number of nitrogens with zero attached hydrogens (tertiary/aromatic N) is 4. The van der Waals surface area contributed by atoms with E-state index in [2.05, 4.69) is 27.9 Å². The molecule has 1 atom stereocenters. The molecule has 1 aromatic carbocycles. The third-order valence-corrected chi connectivity index (χ3v) is 6.33. The van der Waals surface area contributed by atoms with Crippen LogP contribution in [0.3, 0.4) is 0 Å². The largest absolute Gasteiger partial charge is 0.337 e. The molecule has 2 saturated heterocycles. The molecule has 1 N–H and O–H groups in total. The van der Waals surface area contributed by atoms with Gasteiger partial charge in [-0.15, -0.1) is 24.8 Å². The number of para-hydroxylation sites is 2. The molecule has 8 heteroatoms. The molecule has 2 aliphatic heterocycles. The number of benzene rings is 1. The molecule has 0 radical (unpaired) electrons. The van der Waals surface area contributed by atoms with Crippen molar-refractivity contribution in [3.63, 3.8) is 0 Å². The van der Waals surface area contributed by atoms with Gasteiger partial charge < -0.3 is 14.8 Å². The highest BCUT2D eigenvalue weighted by molar-refractivity contribution is 5.85. The van der Waals surface area contributed by atoms with Gasteiger partial charge in [-0.05, 0) is 56.9 Å². The zero-order valence-electron chi connectivity index (χ0n) is 16.9. The zero-order chi connectivity index (χ0) is 18.3. The van der Waals surface area contributed by atoms with E-state index in [9.17, 15) is 4.79 Å². The molecule has 1 unspecified atom stereocenters. The summed E-state index contributed by atoms with van der Waals surface area (Å²) in [4.78, 5) is 22.0. The summed E-state index contributed by atoms with van der Waals surface area (Å²) in [6, 6.07) is 8.10. The minimum atomic E-state index is -0.00668. The Balaban J connectivity index is 0.00000140. The van der Waals surface area contributed by atoms with Crippen LogP contribution in [0, 0.1) is 5.41 Å². The lowest BCUT2D eigenvalue weighted by atomic mass is 9.77. The van der Waals surface area contributed by atoms with Crippen molar-refractivity contribution < 1.29 is 4.79 Å². The standard InChI is InChI=1S/C20H29N5O.2ClH/c1-23(13-18-22-15-6-4-5-7-16(15)25(18)3)19(26)17-12-20(14-24(17)2)8-10-21-11-9-20;;/h4-7,17,21H,8-14H2,1-3H3;2*1H. The maximum atomic E-state index is 13.1. The lowest BCUT2D eigenvalue weighted by Gasteiger charge is -2.33. The Hall–Kier alpha value is -1.34. The van der Waals surface area contributed by atoms with E-state index in [0.29, 0.717) is 12.0 Å². The SMILES string of the molecule is CN(Cc1nc2ccccc2n1C)C(=O)C1CC2(CCNCC2)CN1C.Cl.Cl. The molecule has 2 aliphatic rings. The Morgan fingerprint density at radius 2 is 1.93 bits per heavy atom. The molecule has 0 saturated carbocycles. The Morgan fingerprint density at radius 3 is 2.61 bits per heavy atom. The predicted molar refractivity (Wildman–Crippen MR) is 117 cm³/mol. The average molecular weight is 428 g/mol. The quantitative estimate of drug-likeness (QED) is 0.816. The third kappa shape index (κ3) is 4.15. The summed E-state index contributed by atoms with van der Waals surface area (Å²) in [6.07, 6.45) is 3.34. The average Bonchev–Trinajstić information content (AvgIpc) is 3.12. The number of hydrogen-bond acceptors (Lipinski definition) is 4. The number of carbonyl (C=O) groups is 1. The molecular formula is C20H31Cl2N5O. The van der Waals surface area contributed by atoms with Crippen molar-refractivity contribution in [1.29, 1.82) is 0 Å². The number of fused-ring (bicyclic) bond motifs is 1. The van der Waals surface area contributed by atoms with Crippen molar-refractivity contribution in [2.45, 2.75) is 31.8 Å². The molecule has 0 bridgehead atoms. The number of imidazole rings is 1. The number of halogens is 2. The molecule has 28 heavy (non-hydrogen) atoms. The molecule has 2 aromatic rings. The third-order valence-electron chi connectivity index (χ3n) is 6.33. The number of likely N-dealkylation sites (N-methyl/N-ethyl adjacent to an activating group) is 2. The van der Waals surface area contributed by atoms with Gasteiger partial charge in [-0.1, -0.05) is 12.1 Å². The van der Waals surface area contributed by atoms with Crippen LogP contribution in [0.2, 0.25) is 0 Å². The van der Waals surface area contributed by atoms with Crippen LogP contribution in [-0.4, -0.2) is 65.0 Å². The highest BCUT2D eigenvalue weighted by Crippen LogP contribution is 2.41. The van der Waals surface area contributed by atoms with E-state index in [0.717, 1.165) is 42.9 Å². The molecule has 3 heterocycles. The van der Waals surface area contributed by atoms with Crippen molar-refractivity contribution in [3.05, 3.63) is 30.1 Å². The fourth-order valence-electron chi connectivity index (χ4n) is 4.75. The van der Waals surface area contributed by atoms with Gasteiger partial charge in [0.2, 0.25) is 5.91 Å².